The van der Waals surface area contributed by atoms with Gasteiger partial charge in [0.15, 0.2) is 0 Å². The Kier molecular flexibility index (Phi) is 3.00. The van der Waals surface area contributed by atoms with Crippen LogP contribution in [0, 0.1) is 0 Å². The van der Waals surface area contributed by atoms with E-state index in [4.69, 9.17) is 0 Å². The van der Waals surface area contributed by atoms with E-state index in [0.29, 0.717) is 0 Å². The van der Waals surface area contributed by atoms with E-state index in [1.54, 1.807) is 0 Å². The first-order valence-corrected chi connectivity index (χ1v) is 7.13. The summed E-state index contributed by atoms with van der Waals surface area (Å²) >= 11 is 1.92. The van der Waals surface area contributed by atoms with E-state index >= 15 is 0 Å². The van der Waals surface area contributed by atoms with E-state index in [1.165, 1.54) is 32.1 Å². The molecule has 0 saturated heterocycles. The Morgan fingerprint density at radius 2 is 2.06 bits per heavy atom. The Labute approximate surface area is 113 Å². The summed E-state index contributed by atoms with van der Waals surface area (Å²) in [6, 6.07) is 8.69. The SMILES string of the molecule is C/C=C1\C2=C(CC=CC(C)=C2)Sc2ccccc21. The number of hydrogen-bond acceptors (Lipinski definition) is 1. The largest absolute Gasteiger partial charge is 0.0929 e. The van der Waals surface area contributed by atoms with E-state index in [9.17, 15) is 0 Å². The van der Waals surface area contributed by atoms with Crippen molar-refractivity contribution < 1.29 is 0 Å². The predicted octanol–water partition coefficient (Wildman–Crippen LogP) is 5.36. The molecule has 0 bridgehead atoms. The molecule has 18 heavy (non-hydrogen) atoms. The Balaban J connectivity index is 2.20. The van der Waals surface area contributed by atoms with Crippen molar-refractivity contribution in [3.63, 3.8) is 0 Å². The molecule has 0 fully saturated rings. The van der Waals surface area contributed by atoms with Crippen LogP contribution in [0.25, 0.3) is 5.57 Å². The number of allylic oxidation sites excluding steroid dienone is 8. The van der Waals surface area contributed by atoms with E-state index < -0.39 is 0 Å². The van der Waals surface area contributed by atoms with Crippen molar-refractivity contribution in [3.05, 3.63) is 70.2 Å². The quantitative estimate of drug-likeness (QED) is 0.599. The molecule has 0 spiro atoms. The van der Waals surface area contributed by atoms with Crippen LogP contribution in [0.1, 0.15) is 25.8 Å². The molecule has 2 aliphatic rings. The molecule has 1 aliphatic heterocycles. The lowest BCUT2D eigenvalue weighted by atomic mass is 9.95. The van der Waals surface area contributed by atoms with Gasteiger partial charge in [-0.05, 0) is 43.0 Å². The lowest BCUT2D eigenvalue weighted by molar-refractivity contribution is 1.29. The van der Waals surface area contributed by atoms with Crippen molar-refractivity contribution in [1.82, 2.24) is 0 Å². The van der Waals surface area contributed by atoms with Crippen molar-refractivity contribution in [1.29, 1.82) is 0 Å². The average molecular weight is 252 g/mol. The first-order chi connectivity index (χ1) is 8.79. The van der Waals surface area contributed by atoms with E-state index in [2.05, 4.69) is 62.4 Å². The predicted molar refractivity (Wildman–Crippen MR) is 80.5 cm³/mol. The Hall–Kier alpha value is -1.47. The molecule has 0 nitrogen and oxygen atoms in total. The third-order valence-corrected chi connectivity index (χ3v) is 4.55. The fraction of sp³-hybridized carbons (Fsp3) is 0.176. The second kappa shape index (κ2) is 4.66. The van der Waals surface area contributed by atoms with E-state index in [-0.39, 0.29) is 0 Å². The molecule has 0 radical (unpaired) electrons. The summed E-state index contributed by atoms with van der Waals surface area (Å²) in [5, 5.41) is 0. The summed E-state index contributed by atoms with van der Waals surface area (Å²) in [6.07, 6.45) is 10.1. The summed E-state index contributed by atoms with van der Waals surface area (Å²) in [5.41, 5.74) is 5.49. The van der Waals surface area contributed by atoms with Gasteiger partial charge in [0.1, 0.15) is 0 Å². The molecule has 1 heterocycles. The van der Waals surface area contributed by atoms with E-state index in [1.807, 2.05) is 11.8 Å². The Morgan fingerprint density at radius 3 is 2.89 bits per heavy atom. The zero-order valence-electron chi connectivity index (χ0n) is 10.7. The zero-order chi connectivity index (χ0) is 12.5. The fourth-order valence-electron chi connectivity index (χ4n) is 2.51. The van der Waals surface area contributed by atoms with Gasteiger partial charge in [-0.25, -0.2) is 0 Å². The highest BCUT2D eigenvalue weighted by Gasteiger charge is 2.21. The molecule has 90 valence electrons. The molecule has 1 aliphatic carbocycles. The summed E-state index contributed by atoms with van der Waals surface area (Å²) in [5.74, 6) is 0. The zero-order valence-corrected chi connectivity index (χ0v) is 11.6. The maximum atomic E-state index is 2.32. The third-order valence-electron chi connectivity index (χ3n) is 3.35. The van der Waals surface area contributed by atoms with Crippen LogP contribution in [0.2, 0.25) is 0 Å². The summed E-state index contributed by atoms with van der Waals surface area (Å²) in [7, 11) is 0. The first-order valence-electron chi connectivity index (χ1n) is 6.31. The number of benzene rings is 1. The lowest BCUT2D eigenvalue weighted by Gasteiger charge is -2.22. The molecule has 0 N–H and O–H groups in total. The molecule has 0 atom stereocenters. The van der Waals surface area contributed by atoms with Crippen molar-refractivity contribution in [2.75, 3.05) is 0 Å². The second-order valence-corrected chi connectivity index (χ2v) is 5.77. The minimum Gasteiger partial charge on any atom is -0.0929 e. The highest BCUT2D eigenvalue weighted by Crippen LogP contribution is 2.47. The number of rotatable bonds is 0. The van der Waals surface area contributed by atoms with Crippen LogP contribution < -0.4 is 0 Å². The van der Waals surface area contributed by atoms with Crippen molar-refractivity contribution >= 4 is 17.3 Å². The van der Waals surface area contributed by atoms with Gasteiger partial charge in [0, 0.05) is 9.80 Å². The van der Waals surface area contributed by atoms with E-state index in [0.717, 1.165) is 6.42 Å². The van der Waals surface area contributed by atoms with Crippen molar-refractivity contribution in [2.24, 2.45) is 0 Å². The first kappa shape index (κ1) is 11.6. The van der Waals surface area contributed by atoms with Crippen LogP contribution in [-0.4, -0.2) is 0 Å². The van der Waals surface area contributed by atoms with Gasteiger partial charge < -0.3 is 0 Å². The maximum absolute atomic E-state index is 2.32. The molecule has 1 aromatic rings. The molecular formula is C17H16S. The van der Waals surface area contributed by atoms with Gasteiger partial charge in [0.25, 0.3) is 0 Å². The standard InChI is InChI=1S/C17H16S/c1-3-13-14-8-4-5-9-16(14)18-17-10-6-7-12(2)11-15(13)17/h3-9,11H,10H2,1-2H3/b13-3-. The van der Waals surface area contributed by atoms with Gasteiger partial charge >= 0.3 is 0 Å². The van der Waals surface area contributed by atoms with Crippen LogP contribution in [-0.2, 0) is 0 Å². The average Bonchev–Trinajstić information content (AvgIpc) is 2.56. The van der Waals surface area contributed by atoms with Gasteiger partial charge in [-0.1, -0.05) is 59.8 Å². The number of thioether (sulfide) groups is 1. The highest BCUT2D eigenvalue weighted by atomic mass is 32.2. The van der Waals surface area contributed by atoms with Crippen molar-refractivity contribution in [2.45, 2.75) is 25.2 Å². The second-order valence-electron chi connectivity index (χ2n) is 4.63. The lowest BCUT2D eigenvalue weighted by Crippen LogP contribution is -1.99. The van der Waals surface area contributed by atoms with Crippen LogP contribution in [0.15, 0.2) is 69.5 Å². The maximum Gasteiger partial charge on any atom is 0.0198 e. The van der Waals surface area contributed by atoms with Gasteiger partial charge in [0.05, 0.1) is 0 Å². The third kappa shape index (κ3) is 1.89. The topological polar surface area (TPSA) is 0 Å². The minimum absolute atomic E-state index is 1.04. The molecule has 1 aromatic carbocycles. The smallest absolute Gasteiger partial charge is 0.0198 e. The molecule has 0 saturated carbocycles. The number of hydrogen-bond donors (Lipinski definition) is 0. The fourth-order valence-corrected chi connectivity index (χ4v) is 3.67. The van der Waals surface area contributed by atoms with Crippen LogP contribution in [0.4, 0.5) is 0 Å². The van der Waals surface area contributed by atoms with Gasteiger partial charge in [-0.3, -0.25) is 0 Å². The van der Waals surface area contributed by atoms with Gasteiger partial charge in [-0.15, -0.1) is 0 Å². The molecule has 0 amide bonds. The number of fused-ring (bicyclic) bond motifs is 1. The monoisotopic (exact) mass is 252 g/mol. The minimum atomic E-state index is 1.04. The van der Waals surface area contributed by atoms with Crippen molar-refractivity contribution in [3.8, 4) is 0 Å². The molecule has 1 heteroatoms. The summed E-state index contributed by atoms with van der Waals surface area (Å²) in [6.45, 7) is 4.30. The normalized spacial score (nSPS) is 20.3. The van der Waals surface area contributed by atoms with Crippen LogP contribution in [0.5, 0.6) is 0 Å². The molecule has 3 rings (SSSR count). The highest BCUT2D eigenvalue weighted by molar-refractivity contribution is 8.03. The Bertz CT molecular complexity index is 612. The summed E-state index contributed by atoms with van der Waals surface area (Å²) in [4.78, 5) is 2.85. The van der Waals surface area contributed by atoms with Gasteiger partial charge in [0.2, 0.25) is 0 Å². The van der Waals surface area contributed by atoms with Crippen LogP contribution >= 0.6 is 11.8 Å². The van der Waals surface area contributed by atoms with Gasteiger partial charge in [-0.2, -0.15) is 0 Å². The Morgan fingerprint density at radius 1 is 1.22 bits per heavy atom. The molecule has 0 unspecified atom stereocenters. The molecule has 0 aromatic heterocycles. The van der Waals surface area contributed by atoms with Crippen LogP contribution in [0.3, 0.4) is 0 Å². The molecular weight excluding hydrogens is 236 g/mol. The summed E-state index contributed by atoms with van der Waals surface area (Å²) < 4.78 is 0.